The zero-order chi connectivity index (χ0) is 22.7. The molecule has 0 radical (unpaired) electrons. The number of nitrogens with zero attached hydrogens (tertiary/aromatic N) is 2. The first-order chi connectivity index (χ1) is 15.8. The average Bonchev–Trinajstić information content (AvgIpc) is 3.35. The summed E-state index contributed by atoms with van der Waals surface area (Å²) < 4.78 is 0. The SMILES string of the molecule is CCCCCCCCCCCC(Cc1ccccc1)C(CCCCCCC)[C+]1N=CC=N1. The van der Waals surface area contributed by atoms with Crippen LogP contribution in [0.15, 0.2) is 40.3 Å². The number of rotatable bonds is 20. The summed E-state index contributed by atoms with van der Waals surface area (Å²) in [6, 6.07) is 11.1. The minimum atomic E-state index is 0.501. The van der Waals surface area contributed by atoms with Crippen LogP contribution in [0.4, 0.5) is 0 Å². The van der Waals surface area contributed by atoms with Gasteiger partial charge in [0.25, 0.3) is 0 Å². The Morgan fingerprint density at radius 2 is 1.12 bits per heavy atom. The van der Waals surface area contributed by atoms with Gasteiger partial charge >= 0.3 is 0 Å². The van der Waals surface area contributed by atoms with Crippen molar-refractivity contribution in [3.05, 3.63) is 42.1 Å². The Bertz CT molecular complexity index is 595. The Labute approximate surface area is 199 Å². The fraction of sp³-hybridized carbons (Fsp3) is 0.700. The molecule has 2 rings (SSSR count). The van der Waals surface area contributed by atoms with Crippen LogP contribution in [0.25, 0.3) is 0 Å². The summed E-state index contributed by atoms with van der Waals surface area (Å²) in [5.74, 6) is 1.15. The van der Waals surface area contributed by atoms with Gasteiger partial charge in [-0.25, -0.2) is 0 Å². The summed E-state index contributed by atoms with van der Waals surface area (Å²) in [7, 11) is 0. The molecule has 1 aliphatic heterocycles. The molecule has 0 N–H and O–H groups in total. The van der Waals surface area contributed by atoms with E-state index in [2.05, 4.69) is 54.2 Å². The van der Waals surface area contributed by atoms with Crippen molar-refractivity contribution in [1.82, 2.24) is 0 Å². The van der Waals surface area contributed by atoms with Crippen molar-refractivity contribution in [2.75, 3.05) is 0 Å². The Balaban J connectivity index is 1.87. The van der Waals surface area contributed by atoms with Crippen molar-refractivity contribution < 1.29 is 0 Å². The van der Waals surface area contributed by atoms with E-state index in [1.807, 2.05) is 12.4 Å². The predicted molar refractivity (Wildman–Crippen MR) is 143 cm³/mol. The lowest BCUT2D eigenvalue weighted by atomic mass is 9.78. The summed E-state index contributed by atoms with van der Waals surface area (Å²) in [6.07, 6.45) is 27.8. The van der Waals surface area contributed by atoms with Gasteiger partial charge in [-0.2, -0.15) is 0 Å². The molecule has 0 amide bonds. The molecule has 2 nitrogen and oxygen atoms in total. The van der Waals surface area contributed by atoms with Crippen molar-refractivity contribution in [1.29, 1.82) is 0 Å². The Hall–Kier alpha value is -1.57. The maximum Gasteiger partial charge on any atom is 0.244 e. The lowest BCUT2D eigenvalue weighted by Crippen LogP contribution is -2.22. The minimum Gasteiger partial charge on any atom is -0.0965 e. The van der Waals surface area contributed by atoms with Crippen LogP contribution < -0.4 is 0 Å². The zero-order valence-corrected chi connectivity index (χ0v) is 21.1. The number of hydrogen-bond acceptors (Lipinski definition) is 2. The van der Waals surface area contributed by atoms with Gasteiger partial charge in [-0.1, -0.05) is 144 Å². The van der Waals surface area contributed by atoms with Crippen LogP contribution in [0.2, 0.25) is 0 Å². The quantitative estimate of drug-likeness (QED) is 0.143. The highest BCUT2D eigenvalue weighted by molar-refractivity contribution is 6.18. The number of benzene rings is 1. The van der Waals surface area contributed by atoms with Gasteiger partial charge in [0.15, 0.2) is 12.4 Å². The van der Waals surface area contributed by atoms with E-state index in [1.54, 1.807) is 0 Å². The molecule has 178 valence electrons. The molecule has 0 fully saturated rings. The standard InChI is InChI=1S/C30H49N2/c1-3-5-7-9-10-11-12-14-18-22-28(26-27-20-16-15-17-21-27)29(30-31-24-25-32-30)23-19-13-8-6-4-2/h15-17,20-21,24-25,28-29H,3-14,18-19,22-23,26H2,1-2H3/q+1. The highest BCUT2D eigenvalue weighted by Gasteiger charge is 2.35. The minimum absolute atomic E-state index is 0.501. The second-order valence-electron chi connectivity index (χ2n) is 9.79. The molecule has 32 heavy (non-hydrogen) atoms. The maximum atomic E-state index is 4.68. The second kappa shape index (κ2) is 17.9. The van der Waals surface area contributed by atoms with Gasteiger partial charge in [0.05, 0.1) is 5.92 Å². The third kappa shape index (κ3) is 11.3. The van der Waals surface area contributed by atoms with Gasteiger partial charge in [-0.3, -0.25) is 0 Å². The summed E-state index contributed by atoms with van der Waals surface area (Å²) in [5, 5.41) is 0. The average molecular weight is 438 g/mol. The second-order valence-corrected chi connectivity index (χ2v) is 9.79. The van der Waals surface area contributed by atoms with Crippen LogP contribution in [0.3, 0.4) is 0 Å². The first kappa shape index (κ1) is 26.7. The third-order valence-corrected chi connectivity index (χ3v) is 7.02. The highest BCUT2D eigenvalue weighted by atomic mass is 15.0. The van der Waals surface area contributed by atoms with Crippen molar-refractivity contribution in [3.63, 3.8) is 0 Å². The number of aliphatic imine (C=N–C) groups is 2. The normalized spacial score (nSPS) is 14.9. The highest BCUT2D eigenvalue weighted by Crippen LogP contribution is 2.37. The topological polar surface area (TPSA) is 24.7 Å². The summed E-state index contributed by atoms with van der Waals surface area (Å²) in [5.41, 5.74) is 1.47. The first-order valence-corrected chi connectivity index (χ1v) is 13.8. The molecule has 0 saturated carbocycles. The first-order valence-electron chi connectivity index (χ1n) is 13.8. The van der Waals surface area contributed by atoms with E-state index in [9.17, 15) is 0 Å². The van der Waals surface area contributed by atoms with E-state index >= 15 is 0 Å². The molecule has 2 atom stereocenters. The van der Waals surface area contributed by atoms with Crippen molar-refractivity contribution in [3.8, 4) is 0 Å². The van der Waals surface area contributed by atoms with Crippen molar-refractivity contribution in [2.45, 2.75) is 123 Å². The molecule has 1 aromatic rings. The molecule has 1 aliphatic rings. The molecule has 1 aromatic carbocycles. The van der Waals surface area contributed by atoms with Crippen LogP contribution in [0, 0.1) is 18.0 Å². The van der Waals surface area contributed by atoms with E-state index in [4.69, 9.17) is 0 Å². The van der Waals surface area contributed by atoms with Crippen LogP contribution in [-0.2, 0) is 6.42 Å². The molecule has 0 aliphatic carbocycles. The lowest BCUT2D eigenvalue weighted by Gasteiger charge is -2.26. The van der Waals surface area contributed by atoms with Crippen LogP contribution >= 0.6 is 0 Å². The Morgan fingerprint density at radius 3 is 1.69 bits per heavy atom. The largest absolute Gasteiger partial charge is 0.244 e. The third-order valence-electron chi connectivity index (χ3n) is 7.02. The Morgan fingerprint density at radius 1 is 0.625 bits per heavy atom. The molecule has 0 bridgehead atoms. The van der Waals surface area contributed by atoms with E-state index in [0.717, 1.165) is 12.6 Å². The number of unbranched alkanes of at least 4 members (excludes halogenated alkanes) is 12. The zero-order valence-electron chi connectivity index (χ0n) is 21.1. The van der Waals surface area contributed by atoms with Crippen LogP contribution in [0.5, 0.6) is 0 Å². The van der Waals surface area contributed by atoms with E-state index in [1.165, 1.54) is 108 Å². The van der Waals surface area contributed by atoms with E-state index in [-0.39, 0.29) is 0 Å². The maximum absolute atomic E-state index is 4.68. The Kier molecular flexibility index (Phi) is 14.9. The molecule has 2 heteroatoms. The lowest BCUT2D eigenvalue weighted by molar-refractivity contribution is 0.284. The van der Waals surface area contributed by atoms with Gasteiger partial charge in [-0.05, 0) is 30.7 Å². The predicted octanol–water partition coefficient (Wildman–Crippen LogP) is 9.39. The molecular weight excluding hydrogens is 388 g/mol. The molecule has 0 aromatic heterocycles. The summed E-state index contributed by atoms with van der Waals surface area (Å²) in [6.45, 7) is 4.59. The van der Waals surface area contributed by atoms with Crippen LogP contribution in [-0.4, -0.2) is 12.4 Å². The smallest absolute Gasteiger partial charge is 0.0965 e. The van der Waals surface area contributed by atoms with Gasteiger partial charge < -0.3 is 0 Å². The molecule has 0 saturated heterocycles. The molecular formula is C30H49N2+. The van der Waals surface area contributed by atoms with Crippen LogP contribution in [0.1, 0.15) is 122 Å². The van der Waals surface area contributed by atoms with Crippen molar-refractivity contribution >= 4 is 12.4 Å². The summed E-state index contributed by atoms with van der Waals surface area (Å²) in [4.78, 5) is 9.35. The molecule has 2 unspecified atom stereocenters. The fourth-order valence-corrected chi connectivity index (χ4v) is 5.07. The van der Waals surface area contributed by atoms with E-state index in [0.29, 0.717) is 11.8 Å². The van der Waals surface area contributed by atoms with E-state index < -0.39 is 0 Å². The monoisotopic (exact) mass is 437 g/mol. The van der Waals surface area contributed by atoms with Gasteiger partial charge in [-0.15, -0.1) is 0 Å². The van der Waals surface area contributed by atoms with Gasteiger partial charge in [0.1, 0.15) is 0 Å². The fourth-order valence-electron chi connectivity index (χ4n) is 5.07. The van der Waals surface area contributed by atoms with Gasteiger partial charge in [0.2, 0.25) is 6.17 Å². The van der Waals surface area contributed by atoms with Crippen molar-refractivity contribution in [2.24, 2.45) is 21.8 Å². The molecule has 1 heterocycles. The summed E-state index contributed by atoms with van der Waals surface area (Å²) >= 11 is 0. The molecule has 0 spiro atoms. The number of hydrogen-bond donors (Lipinski definition) is 0. The van der Waals surface area contributed by atoms with Gasteiger partial charge in [0, 0.05) is 0 Å².